The van der Waals surface area contributed by atoms with Crippen LogP contribution in [0.25, 0.3) is 10.4 Å². The summed E-state index contributed by atoms with van der Waals surface area (Å²) in [6, 6.07) is -0.792. The van der Waals surface area contributed by atoms with Gasteiger partial charge < -0.3 is 5.11 Å². The van der Waals surface area contributed by atoms with Gasteiger partial charge in [-0.05, 0) is 25.4 Å². The molecule has 0 aliphatic carbocycles. The number of carboxylic acid groups (broad SMARTS) is 1. The second-order valence-electron chi connectivity index (χ2n) is 3.36. The number of nitrogens with zero attached hydrogens (tertiary/aromatic N) is 4. The summed E-state index contributed by atoms with van der Waals surface area (Å²) in [6.07, 6.45) is 0.595. The van der Waals surface area contributed by atoms with Crippen LogP contribution in [0.2, 0.25) is 0 Å². The normalized spacial score (nSPS) is 11.8. The average Bonchev–Trinajstić information content (AvgIpc) is 2.69. The predicted octanol–water partition coefficient (Wildman–Crippen LogP) is 1.87. The zero-order valence-electron chi connectivity index (χ0n) is 9.33. The largest absolute Gasteiger partial charge is 0.480 e. The number of azide groups is 1. The van der Waals surface area contributed by atoms with Gasteiger partial charge in [0.05, 0.1) is 0 Å². The van der Waals surface area contributed by atoms with E-state index in [1.807, 2.05) is 12.3 Å². The van der Waals surface area contributed by atoms with Crippen molar-refractivity contribution < 1.29 is 9.90 Å². The molecule has 1 rings (SSSR count). The van der Waals surface area contributed by atoms with Crippen molar-refractivity contribution in [3.05, 3.63) is 26.5 Å². The van der Waals surface area contributed by atoms with E-state index in [9.17, 15) is 4.79 Å². The smallest absolute Gasteiger partial charge is 0.327 e. The molecule has 0 aromatic carbocycles. The van der Waals surface area contributed by atoms with E-state index in [2.05, 4.69) is 20.3 Å². The lowest BCUT2D eigenvalue weighted by Gasteiger charge is -2.10. The lowest BCUT2D eigenvalue weighted by Crippen LogP contribution is -2.29. The van der Waals surface area contributed by atoms with Gasteiger partial charge in [0.2, 0.25) is 0 Å². The van der Waals surface area contributed by atoms with E-state index in [4.69, 9.17) is 10.6 Å². The van der Waals surface area contributed by atoms with E-state index in [1.54, 1.807) is 0 Å². The molecule has 0 bridgehead atoms. The quantitative estimate of drug-likeness (QED) is 0.335. The van der Waals surface area contributed by atoms with Crippen molar-refractivity contribution in [2.75, 3.05) is 13.1 Å². The van der Waals surface area contributed by atoms with Crippen LogP contribution in [-0.2, 0) is 4.79 Å². The van der Waals surface area contributed by atoms with E-state index < -0.39 is 12.0 Å². The third-order valence-electron chi connectivity index (χ3n) is 1.98. The Balaban J connectivity index is 2.50. The number of thiazole rings is 1. The summed E-state index contributed by atoms with van der Waals surface area (Å²) >= 11 is 1.32. The molecule has 17 heavy (non-hydrogen) atoms. The van der Waals surface area contributed by atoms with Crippen molar-refractivity contribution in [3.8, 4) is 0 Å². The highest BCUT2D eigenvalue weighted by molar-refractivity contribution is 7.09. The molecule has 1 aromatic rings. The molecule has 0 aliphatic heterocycles. The predicted molar refractivity (Wildman–Crippen MR) is 63.9 cm³/mol. The molecule has 2 N–H and O–H groups in total. The summed E-state index contributed by atoms with van der Waals surface area (Å²) in [5.74, 6) is -0.955. The minimum absolute atomic E-state index is 0.354. The van der Waals surface area contributed by atoms with Gasteiger partial charge in [0.15, 0.2) is 6.04 Å². The highest BCUT2D eigenvalue weighted by Gasteiger charge is 2.21. The molecule has 0 fully saturated rings. The van der Waals surface area contributed by atoms with E-state index >= 15 is 0 Å². The first-order valence-electron chi connectivity index (χ1n) is 5.04. The maximum absolute atomic E-state index is 11.1. The molecule has 0 saturated carbocycles. The zero-order valence-corrected chi connectivity index (χ0v) is 10.1. The number of carboxylic acids is 1. The molecule has 1 unspecified atom stereocenters. The number of hydrogen-bond acceptors (Lipinski definition) is 5. The molecule has 1 heterocycles. The second kappa shape index (κ2) is 6.85. The van der Waals surface area contributed by atoms with Crippen molar-refractivity contribution >= 4 is 17.3 Å². The molecule has 0 saturated heterocycles. The van der Waals surface area contributed by atoms with Crippen molar-refractivity contribution in [1.82, 2.24) is 10.3 Å². The summed E-state index contributed by atoms with van der Waals surface area (Å²) in [7, 11) is 0. The molecule has 0 radical (unpaired) electrons. The first-order valence-corrected chi connectivity index (χ1v) is 5.92. The minimum Gasteiger partial charge on any atom is -0.480 e. The number of aromatic nitrogens is 1. The summed E-state index contributed by atoms with van der Waals surface area (Å²) in [5.41, 5.74) is 8.89. The van der Waals surface area contributed by atoms with Gasteiger partial charge in [0, 0.05) is 22.5 Å². The van der Waals surface area contributed by atoms with Gasteiger partial charge in [-0.1, -0.05) is 5.11 Å². The molecule has 7 nitrogen and oxygen atoms in total. The number of nitrogens with one attached hydrogen (secondary N) is 1. The van der Waals surface area contributed by atoms with Crippen LogP contribution in [0.15, 0.2) is 10.5 Å². The molecule has 1 atom stereocenters. The standard InChI is InChI=1S/C9H13N5O2S/c1-6-5-17-8(13-6)7(9(15)16)11-3-2-4-12-14-10/h5,7,11H,2-4H2,1H3,(H,15,16). The molecule has 0 amide bonds. The van der Waals surface area contributed by atoms with Gasteiger partial charge in [-0.2, -0.15) is 0 Å². The van der Waals surface area contributed by atoms with Crippen molar-refractivity contribution in [2.45, 2.75) is 19.4 Å². The number of aryl methyl sites for hydroxylation is 1. The Bertz CT molecular complexity index is 427. The Hall–Kier alpha value is -1.63. The van der Waals surface area contributed by atoms with E-state index in [-0.39, 0.29) is 0 Å². The summed E-state index contributed by atoms with van der Waals surface area (Å²) in [4.78, 5) is 17.8. The maximum Gasteiger partial charge on any atom is 0.327 e. The summed E-state index contributed by atoms with van der Waals surface area (Å²) in [6.45, 7) is 2.64. The number of carbonyl (C=O) groups is 1. The van der Waals surface area contributed by atoms with Gasteiger partial charge in [0.25, 0.3) is 0 Å². The van der Waals surface area contributed by atoms with Crippen LogP contribution >= 0.6 is 11.3 Å². The van der Waals surface area contributed by atoms with Crippen molar-refractivity contribution in [1.29, 1.82) is 0 Å². The Morgan fingerprint density at radius 2 is 2.59 bits per heavy atom. The number of rotatable bonds is 7. The van der Waals surface area contributed by atoms with Crippen LogP contribution in [0.1, 0.15) is 23.2 Å². The lowest BCUT2D eigenvalue weighted by atomic mass is 10.3. The molecule has 92 valence electrons. The summed E-state index contributed by atoms with van der Waals surface area (Å²) < 4.78 is 0. The topological polar surface area (TPSA) is 111 Å². The van der Waals surface area contributed by atoms with Gasteiger partial charge in [-0.25, -0.2) is 4.98 Å². The number of aliphatic carboxylic acids is 1. The Morgan fingerprint density at radius 3 is 3.12 bits per heavy atom. The fraction of sp³-hybridized carbons (Fsp3) is 0.556. The third kappa shape index (κ3) is 4.39. The molecular formula is C9H13N5O2S. The average molecular weight is 255 g/mol. The van der Waals surface area contributed by atoms with Crippen LogP contribution < -0.4 is 5.32 Å². The van der Waals surface area contributed by atoms with Crippen LogP contribution in [0, 0.1) is 6.92 Å². The Labute approximate surface area is 102 Å². The maximum atomic E-state index is 11.1. The van der Waals surface area contributed by atoms with Gasteiger partial charge in [0.1, 0.15) is 5.01 Å². The van der Waals surface area contributed by atoms with Crippen LogP contribution in [0.5, 0.6) is 0 Å². The molecule has 0 spiro atoms. The Morgan fingerprint density at radius 1 is 1.82 bits per heavy atom. The second-order valence-corrected chi connectivity index (χ2v) is 4.25. The van der Waals surface area contributed by atoms with E-state index in [0.717, 1.165) is 5.69 Å². The van der Waals surface area contributed by atoms with Crippen LogP contribution in [0.4, 0.5) is 0 Å². The monoisotopic (exact) mass is 255 g/mol. The third-order valence-corrected chi connectivity index (χ3v) is 3.00. The van der Waals surface area contributed by atoms with Crippen LogP contribution in [-0.4, -0.2) is 29.1 Å². The lowest BCUT2D eigenvalue weighted by molar-refractivity contribution is -0.139. The van der Waals surface area contributed by atoms with Gasteiger partial charge >= 0.3 is 5.97 Å². The molecule has 1 aromatic heterocycles. The van der Waals surface area contributed by atoms with E-state index in [0.29, 0.717) is 24.5 Å². The molecule has 8 heteroatoms. The zero-order chi connectivity index (χ0) is 12.7. The van der Waals surface area contributed by atoms with E-state index in [1.165, 1.54) is 11.3 Å². The van der Waals surface area contributed by atoms with Gasteiger partial charge in [-0.3, -0.25) is 10.1 Å². The minimum atomic E-state index is -0.955. The van der Waals surface area contributed by atoms with Crippen LogP contribution in [0.3, 0.4) is 0 Å². The van der Waals surface area contributed by atoms with Crippen molar-refractivity contribution in [2.24, 2.45) is 5.11 Å². The fourth-order valence-corrected chi connectivity index (χ4v) is 2.09. The fourth-order valence-electron chi connectivity index (χ4n) is 1.23. The first kappa shape index (κ1) is 13.4. The molecular weight excluding hydrogens is 242 g/mol. The highest BCUT2D eigenvalue weighted by atomic mass is 32.1. The van der Waals surface area contributed by atoms with Gasteiger partial charge in [-0.15, -0.1) is 11.3 Å². The summed E-state index contributed by atoms with van der Waals surface area (Å²) in [5, 5.41) is 17.7. The number of hydrogen-bond donors (Lipinski definition) is 2. The Kier molecular flexibility index (Phi) is 5.41. The SMILES string of the molecule is Cc1csc(C(NCCCN=[N+]=[N-])C(=O)O)n1. The highest BCUT2D eigenvalue weighted by Crippen LogP contribution is 2.18. The van der Waals surface area contributed by atoms with Crippen molar-refractivity contribution in [3.63, 3.8) is 0 Å². The molecule has 0 aliphatic rings. The first-order chi connectivity index (χ1) is 8.15.